The number of carbonyl (C=O) groups excluding carboxylic acids is 2. The molecule has 34 heavy (non-hydrogen) atoms. The van der Waals surface area contributed by atoms with Gasteiger partial charge in [0.15, 0.2) is 0 Å². The van der Waals surface area contributed by atoms with Crippen molar-refractivity contribution in [2.24, 2.45) is 0 Å². The van der Waals surface area contributed by atoms with Crippen LogP contribution in [-0.4, -0.2) is 28.4 Å². The van der Waals surface area contributed by atoms with E-state index in [4.69, 9.17) is 5.73 Å². The number of nitrogens with one attached hydrogen (secondary N) is 1. The first-order valence-corrected chi connectivity index (χ1v) is 12.5. The minimum absolute atomic E-state index is 0.0203. The molecule has 1 aliphatic heterocycles. The van der Waals surface area contributed by atoms with Crippen LogP contribution >= 0.6 is 0 Å². The van der Waals surface area contributed by atoms with Crippen LogP contribution in [-0.2, 0) is 16.0 Å². The Hall–Kier alpha value is -3.02. The lowest BCUT2D eigenvalue weighted by atomic mass is 9.89. The molecular formula is C28H39N3O3. The normalized spacial score (nSPS) is 15.5. The zero-order valence-electron chi connectivity index (χ0n) is 21.1. The van der Waals surface area contributed by atoms with E-state index in [1.54, 1.807) is 17.0 Å². The van der Waals surface area contributed by atoms with Crippen molar-refractivity contribution in [3.63, 3.8) is 0 Å². The van der Waals surface area contributed by atoms with Crippen LogP contribution in [0, 0.1) is 0 Å². The molecule has 2 aromatic rings. The molecule has 2 aromatic carbocycles. The highest BCUT2D eigenvalue weighted by molar-refractivity contribution is 6.00. The number of nitrogens with zero attached hydrogens (tertiary/aromatic N) is 1. The maximum atomic E-state index is 13.9. The van der Waals surface area contributed by atoms with Crippen LogP contribution in [0.25, 0.3) is 0 Å². The predicted molar refractivity (Wildman–Crippen MR) is 138 cm³/mol. The Kier molecular flexibility index (Phi) is 8.24. The van der Waals surface area contributed by atoms with Crippen LogP contribution in [0.2, 0.25) is 0 Å². The summed E-state index contributed by atoms with van der Waals surface area (Å²) in [5.41, 5.74) is 11.3. The molecule has 1 aliphatic rings. The number of hydrogen-bond donors (Lipinski definition) is 3. The van der Waals surface area contributed by atoms with Gasteiger partial charge in [-0.05, 0) is 71.2 Å². The van der Waals surface area contributed by atoms with Gasteiger partial charge in [0.1, 0.15) is 11.8 Å². The van der Waals surface area contributed by atoms with E-state index in [0.717, 1.165) is 41.6 Å². The third-order valence-electron chi connectivity index (χ3n) is 6.63. The van der Waals surface area contributed by atoms with Crippen molar-refractivity contribution in [3.8, 4) is 5.75 Å². The first-order valence-electron chi connectivity index (χ1n) is 12.5. The minimum atomic E-state index is -0.789. The standard InChI is InChI=1S/C28H39N3O3/c1-6-7-8-9-25(33)31-13-12-19-10-11-21(32)16-24(19)27(31)28(34)30-26-22(17(2)3)14-20(29)15-23(26)18(4)5/h10-11,14-18,27,32H,6-9,12-13,29H2,1-5H3,(H,30,34). The minimum Gasteiger partial charge on any atom is -0.508 e. The van der Waals surface area contributed by atoms with Crippen LogP contribution in [0.15, 0.2) is 30.3 Å². The van der Waals surface area contributed by atoms with Gasteiger partial charge in [-0.2, -0.15) is 0 Å². The lowest BCUT2D eigenvalue weighted by Gasteiger charge is -2.37. The van der Waals surface area contributed by atoms with Gasteiger partial charge >= 0.3 is 0 Å². The van der Waals surface area contributed by atoms with Crippen molar-refractivity contribution in [2.75, 3.05) is 17.6 Å². The number of fused-ring (bicyclic) bond motifs is 1. The first-order chi connectivity index (χ1) is 16.1. The van der Waals surface area contributed by atoms with E-state index in [1.807, 2.05) is 18.2 Å². The molecule has 184 valence electrons. The highest BCUT2D eigenvalue weighted by Crippen LogP contribution is 2.38. The SMILES string of the molecule is CCCCCC(=O)N1CCc2ccc(O)cc2C1C(=O)Nc1c(C(C)C)cc(N)cc1C(C)C. The second-order valence-corrected chi connectivity index (χ2v) is 9.95. The van der Waals surface area contributed by atoms with E-state index in [2.05, 4.69) is 39.9 Å². The number of hydrogen-bond acceptors (Lipinski definition) is 4. The second kappa shape index (κ2) is 10.9. The smallest absolute Gasteiger partial charge is 0.251 e. The summed E-state index contributed by atoms with van der Waals surface area (Å²) in [5.74, 6) is 0.128. The van der Waals surface area contributed by atoms with Gasteiger partial charge < -0.3 is 21.1 Å². The number of phenols is 1. The molecule has 1 atom stereocenters. The van der Waals surface area contributed by atoms with E-state index in [1.165, 1.54) is 0 Å². The summed E-state index contributed by atoms with van der Waals surface area (Å²) in [5, 5.41) is 13.4. The zero-order valence-corrected chi connectivity index (χ0v) is 21.1. The molecule has 0 aromatic heterocycles. The van der Waals surface area contributed by atoms with Crippen LogP contribution in [0.1, 0.15) is 100 Å². The number of carbonyl (C=O) groups is 2. The molecule has 1 heterocycles. The van der Waals surface area contributed by atoms with Crippen molar-refractivity contribution in [1.82, 2.24) is 4.90 Å². The van der Waals surface area contributed by atoms with Crippen molar-refractivity contribution in [1.29, 1.82) is 0 Å². The average Bonchev–Trinajstić information content (AvgIpc) is 2.78. The van der Waals surface area contributed by atoms with E-state index in [9.17, 15) is 14.7 Å². The average molecular weight is 466 g/mol. The fourth-order valence-electron chi connectivity index (χ4n) is 4.78. The number of amides is 2. The highest BCUT2D eigenvalue weighted by atomic mass is 16.3. The quantitative estimate of drug-likeness (QED) is 0.336. The Bertz CT molecular complexity index is 1020. The van der Waals surface area contributed by atoms with Gasteiger partial charge in [-0.3, -0.25) is 9.59 Å². The lowest BCUT2D eigenvalue weighted by Crippen LogP contribution is -2.45. The molecule has 3 rings (SSSR count). The summed E-state index contributed by atoms with van der Waals surface area (Å²) in [6.07, 6.45) is 3.90. The number of nitrogens with two attached hydrogens (primary N) is 1. The molecule has 1 unspecified atom stereocenters. The van der Waals surface area contributed by atoms with Gasteiger partial charge in [0, 0.05) is 24.3 Å². The topological polar surface area (TPSA) is 95.7 Å². The van der Waals surface area contributed by atoms with E-state index in [-0.39, 0.29) is 29.4 Å². The van der Waals surface area contributed by atoms with Gasteiger partial charge in [0.05, 0.1) is 0 Å². The molecule has 6 heteroatoms. The zero-order chi connectivity index (χ0) is 25.0. The fourth-order valence-corrected chi connectivity index (χ4v) is 4.78. The van der Waals surface area contributed by atoms with Gasteiger partial charge in [-0.15, -0.1) is 0 Å². The summed E-state index contributed by atoms with van der Waals surface area (Å²) in [7, 11) is 0. The number of nitrogen functional groups attached to an aromatic ring is 1. The highest BCUT2D eigenvalue weighted by Gasteiger charge is 2.36. The Morgan fingerprint density at radius 2 is 1.74 bits per heavy atom. The molecule has 0 saturated heterocycles. The largest absolute Gasteiger partial charge is 0.508 e. The second-order valence-electron chi connectivity index (χ2n) is 9.95. The molecular weight excluding hydrogens is 426 g/mol. The molecule has 0 spiro atoms. The molecule has 2 amide bonds. The van der Waals surface area contributed by atoms with Crippen LogP contribution < -0.4 is 11.1 Å². The molecule has 0 aliphatic carbocycles. The Labute approximate surface area is 203 Å². The lowest BCUT2D eigenvalue weighted by molar-refractivity contribution is -0.139. The number of benzene rings is 2. The van der Waals surface area contributed by atoms with Crippen LogP contribution in [0.3, 0.4) is 0 Å². The van der Waals surface area contributed by atoms with E-state index >= 15 is 0 Å². The maximum Gasteiger partial charge on any atom is 0.251 e. The van der Waals surface area contributed by atoms with Crippen molar-refractivity contribution in [3.05, 3.63) is 52.6 Å². The molecule has 6 nitrogen and oxygen atoms in total. The van der Waals surface area contributed by atoms with Crippen LogP contribution in [0.4, 0.5) is 11.4 Å². The van der Waals surface area contributed by atoms with E-state index in [0.29, 0.717) is 30.6 Å². The molecule has 0 saturated carbocycles. The van der Waals surface area contributed by atoms with Crippen LogP contribution in [0.5, 0.6) is 5.75 Å². The predicted octanol–water partition coefficient (Wildman–Crippen LogP) is 5.87. The number of aromatic hydroxyl groups is 1. The third-order valence-corrected chi connectivity index (χ3v) is 6.63. The summed E-state index contributed by atoms with van der Waals surface area (Å²) >= 11 is 0. The van der Waals surface area contributed by atoms with Gasteiger partial charge in [-0.25, -0.2) is 0 Å². The molecule has 0 bridgehead atoms. The van der Waals surface area contributed by atoms with Crippen molar-refractivity contribution >= 4 is 23.2 Å². The Morgan fingerprint density at radius 1 is 1.09 bits per heavy atom. The van der Waals surface area contributed by atoms with E-state index < -0.39 is 6.04 Å². The molecule has 0 fully saturated rings. The van der Waals surface area contributed by atoms with Gasteiger partial charge in [0.2, 0.25) is 5.91 Å². The van der Waals surface area contributed by atoms with Crippen molar-refractivity contribution in [2.45, 2.75) is 84.6 Å². The summed E-state index contributed by atoms with van der Waals surface area (Å²) in [4.78, 5) is 28.8. The number of phenolic OH excluding ortho intramolecular Hbond substituents is 1. The number of anilines is 2. The summed E-state index contributed by atoms with van der Waals surface area (Å²) < 4.78 is 0. The Morgan fingerprint density at radius 3 is 2.32 bits per heavy atom. The number of rotatable bonds is 8. The first kappa shape index (κ1) is 25.6. The molecule has 4 N–H and O–H groups in total. The van der Waals surface area contributed by atoms with Crippen molar-refractivity contribution < 1.29 is 14.7 Å². The summed E-state index contributed by atoms with van der Waals surface area (Å²) in [6.45, 7) is 10.9. The van der Waals surface area contributed by atoms with Gasteiger partial charge in [-0.1, -0.05) is 53.5 Å². The fraction of sp³-hybridized carbons (Fsp3) is 0.500. The van der Waals surface area contributed by atoms with Gasteiger partial charge in [0.25, 0.3) is 5.91 Å². The number of unbranched alkanes of at least 4 members (excludes halogenated alkanes) is 2. The molecule has 0 radical (unpaired) electrons. The summed E-state index contributed by atoms with van der Waals surface area (Å²) in [6, 6.07) is 8.16. The maximum absolute atomic E-state index is 13.9. The third kappa shape index (κ3) is 5.54. The monoisotopic (exact) mass is 465 g/mol. The Balaban J connectivity index is 2.04.